The molecule has 4 nitrogen and oxygen atoms in total. The lowest BCUT2D eigenvalue weighted by atomic mass is 9.95. The predicted octanol–water partition coefficient (Wildman–Crippen LogP) is 3.76. The topological polar surface area (TPSA) is 57.8 Å². The minimum absolute atomic E-state index is 0.0101. The number of H-pyrrole nitrogens is 1. The van der Waals surface area contributed by atoms with E-state index in [9.17, 15) is 4.79 Å². The van der Waals surface area contributed by atoms with Gasteiger partial charge in [-0.25, -0.2) is 4.98 Å². The zero-order valence-corrected chi connectivity index (χ0v) is 13.4. The molecule has 1 unspecified atom stereocenters. The first-order valence-corrected chi connectivity index (χ1v) is 8.12. The smallest absolute Gasteiger partial charge is 0.228 e. The SMILES string of the molecule is CC(NC(=O)Cc1nc2ccc(Cl)cc2[nH]1)C1=CCCCC1. The van der Waals surface area contributed by atoms with Gasteiger partial charge in [0.15, 0.2) is 0 Å². The van der Waals surface area contributed by atoms with Crippen molar-refractivity contribution in [2.75, 3.05) is 0 Å². The Morgan fingerprint density at radius 2 is 2.32 bits per heavy atom. The first-order chi connectivity index (χ1) is 10.6. The molecule has 1 heterocycles. The van der Waals surface area contributed by atoms with E-state index in [2.05, 4.69) is 21.4 Å². The molecule has 1 aromatic carbocycles. The number of rotatable bonds is 4. The Hall–Kier alpha value is -1.81. The molecule has 0 aliphatic heterocycles. The highest BCUT2D eigenvalue weighted by molar-refractivity contribution is 6.31. The molecule has 0 radical (unpaired) electrons. The van der Waals surface area contributed by atoms with Crippen LogP contribution < -0.4 is 5.32 Å². The fourth-order valence-corrected chi connectivity index (χ4v) is 3.08. The number of nitrogens with one attached hydrogen (secondary N) is 2. The average Bonchev–Trinajstić information content (AvgIpc) is 2.89. The molecule has 0 saturated heterocycles. The molecule has 2 aromatic rings. The zero-order valence-electron chi connectivity index (χ0n) is 12.7. The highest BCUT2D eigenvalue weighted by Gasteiger charge is 2.15. The van der Waals surface area contributed by atoms with Crippen molar-refractivity contribution in [3.05, 3.63) is 40.7 Å². The molecule has 1 aliphatic rings. The number of aromatic nitrogens is 2. The molecule has 1 aromatic heterocycles. The van der Waals surface area contributed by atoms with Crippen LogP contribution in [0.5, 0.6) is 0 Å². The van der Waals surface area contributed by atoms with Gasteiger partial charge in [0.1, 0.15) is 5.82 Å². The summed E-state index contributed by atoms with van der Waals surface area (Å²) in [6, 6.07) is 5.57. The van der Waals surface area contributed by atoms with Crippen molar-refractivity contribution in [2.45, 2.75) is 45.1 Å². The summed E-state index contributed by atoms with van der Waals surface area (Å²) in [7, 11) is 0. The third-order valence-electron chi connectivity index (χ3n) is 4.08. The first-order valence-electron chi connectivity index (χ1n) is 7.74. The second-order valence-electron chi connectivity index (χ2n) is 5.84. The summed E-state index contributed by atoms with van der Waals surface area (Å²) in [5.41, 5.74) is 3.03. The maximum absolute atomic E-state index is 12.2. The number of nitrogens with zero attached hydrogens (tertiary/aromatic N) is 1. The number of halogens is 1. The number of carbonyl (C=O) groups excluding carboxylic acids is 1. The van der Waals surface area contributed by atoms with Gasteiger partial charge in [0.05, 0.1) is 17.5 Å². The summed E-state index contributed by atoms with van der Waals surface area (Å²) in [6.07, 6.45) is 7.20. The summed E-state index contributed by atoms with van der Waals surface area (Å²) in [4.78, 5) is 19.8. The van der Waals surface area contributed by atoms with Gasteiger partial charge in [-0.05, 0) is 50.8 Å². The number of amides is 1. The third kappa shape index (κ3) is 3.50. The first kappa shape index (κ1) is 15.1. The van der Waals surface area contributed by atoms with E-state index < -0.39 is 0 Å². The van der Waals surface area contributed by atoms with Crippen molar-refractivity contribution in [1.29, 1.82) is 0 Å². The lowest BCUT2D eigenvalue weighted by Crippen LogP contribution is -2.35. The van der Waals surface area contributed by atoms with Gasteiger partial charge in [-0.3, -0.25) is 4.79 Å². The molecule has 1 atom stereocenters. The Morgan fingerprint density at radius 1 is 1.45 bits per heavy atom. The quantitative estimate of drug-likeness (QED) is 0.843. The average molecular weight is 318 g/mol. The lowest BCUT2D eigenvalue weighted by Gasteiger charge is -2.20. The van der Waals surface area contributed by atoms with Crippen LogP contribution in [0.25, 0.3) is 11.0 Å². The monoisotopic (exact) mass is 317 g/mol. The second kappa shape index (κ2) is 6.53. The maximum atomic E-state index is 12.2. The molecule has 22 heavy (non-hydrogen) atoms. The Morgan fingerprint density at radius 3 is 3.09 bits per heavy atom. The number of imidazole rings is 1. The molecule has 0 bridgehead atoms. The molecule has 0 fully saturated rings. The molecule has 0 saturated carbocycles. The molecule has 2 N–H and O–H groups in total. The minimum Gasteiger partial charge on any atom is -0.350 e. The van der Waals surface area contributed by atoms with Crippen LogP contribution in [0.15, 0.2) is 29.8 Å². The van der Waals surface area contributed by atoms with E-state index in [0.717, 1.165) is 23.9 Å². The predicted molar refractivity (Wildman–Crippen MR) is 89.0 cm³/mol. The standard InChI is InChI=1S/C17H20ClN3O/c1-11(12-5-3-2-4-6-12)19-17(22)10-16-20-14-8-7-13(18)9-15(14)21-16/h5,7-9,11H,2-4,6,10H2,1H3,(H,19,22)(H,20,21). The Labute approximate surface area is 135 Å². The van der Waals surface area contributed by atoms with Crippen LogP contribution in [0.4, 0.5) is 0 Å². The van der Waals surface area contributed by atoms with Gasteiger partial charge < -0.3 is 10.3 Å². The van der Waals surface area contributed by atoms with Gasteiger partial charge in [0.2, 0.25) is 5.91 Å². The number of hydrogen-bond acceptors (Lipinski definition) is 2. The normalized spacial score (nSPS) is 16.4. The van der Waals surface area contributed by atoms with E-state index in [1.54, 1.807) is 6.07 Å². The van der Waals surface area contributed by atoms with Crippen LogP contribution in [0, 0.1) is 0 Å². The largest absolute Gasteiger partial charge is 0.350 e. The van der Waals surface area contributed by atoms with Gasteiger partial charge in [-0.15, -0.1) is 0 Å². The summed E-state index contributed by atoms with van der Waals surface area (Å²) < 4.78 is 0. The van der Waals surface area contributed by atoms with E-state index in [0.29, 0.717) is 10.8 Å². The van der Waals surface area contributed by atoms with Crippen LogP contribution in [-0.2, 0) is 11.2 Å². The molecular weight excluding hydrogens is 298 g/mol. The maximum Gasteiger partial charge on any atom is 0.228 e. The fraction of sp³-hybridized carbons (Fsp3) is 0.412. The van der Waals surface area contributed by atoms with Crippen molar-refractivity contribution in [3.8, 4) is 0 Å². The van der Waals surface area contributed by atoms with Gasteiger partial charge in [0.25, 0.3) is 0 Å². The van der Waals surface area contributed by atoms with E-state index >= 15 is 0 Å². The summed E-state index contributed by atoms with van der Waals surface area (Å²) in [5, 5.41) is 3.72. The Kier molecular flexibility index (Phi) is 4.48. The Balaban J connectivity index is 1.64. The van der Waals surface area contributed by atoms with Gasteiger partial charge in [0, 0.05) is 11.1 Å². The lowest BCUT2D eigenvalue weighted by molar-refractivity contribution is -0.120. The van der Waals surface area contributed by atoms with Crippen molar-refractivity contribution < 1.29 is 4.79 Å². The number of allylic oxidation sites excluding steroid dienone is 1. The van der Waals surface area contributed by atoms with Crippen molar-refractivity contribution in [1.82, 2.24) is 15.3 Å². The van der Waals surface area contributed by atoms with Crippen molar-refractivity contribution in [2.24, 2.45) is 0 Å². The van der Waals surface area contributed by atoms with E-state index in [-0.39, 0.29) is 18.4 Å². The Bertz CT molecular complexity index is 720. The highest BCUT2D eigenvalue weighted by atomic mass is 35.5. The van der Waals surface area contributed by atoms with E-state index in [1.165, 1.54) is 18.4 Å². The molecule has 1 aliphatic carbocycles. The van der Waals surface area contributed by atoms with Crippen LogP contribution in [0.3, 0.4) is 0 Å². The van der Waals surface area contributed by atoms with Crippen molar-refractivity contribution in [3.63, 3.8) is 0 Å². The van der Waals surface area contributed by atoms with Gasteiger partial charge >= 0.3 is 0 Å². The van der Waals surface area contributed by atoms with E-state index in [1.807, 2.05) is 19.1 Å². The van der Waals surface area contributed by atoms with Crippen LogP contribution in [-0.4, -0.2) is 21.9 Å². The summed E-state index contributed by atoms with van der Waals surface area (Å²) in [5.74, 6) is 0.656. The number of hydrogen-bond donors (Lipinski definition) is 2. The van der Waals surface area contributed by atoms with Crippen LogP contribution in [0.1, 0.15) is 38.4 Å². The third-order valence-corrected chi connectivity index (χ3v) is 4.32. The van der Waals surface area contributed by atoms with Gasteiger partial charge in [-0.1, -0.05) is 23.3 Å². The molecule has 5 heteroatoms. The zero-order chi connectivity index (χ0) is 15.5. The van der Waals surface area contributed by atoms with Gasteiger partial charge in [-0.2, -0.15) is 0 Å². The van der Waals surface area contributed by atoms with Crippen LogP contribution in [0.2, 0.25) is 5.02 Å². The molecule has 1 amide bonds. The summed E-state index contributed by atoms with van der Waals surface area (Å²) >= 11 is 5.96. The molecule has 116 valence electrons. The summed E-state index contributed by atoms with van der Waals surface area (Å²) in [6.45, 7) is 2.05. The molecule has 0 spiro atoms. The van der Waals surface area contributed by atoms with Crippen molar-refractivity contribution >= 4 is 28.5 Å². The van der Waals surface area contributed by atoms with Crippen LogP contribution >= 0.6 is 11.6 Å². The number of carbonyl (C=O) groups is 1. The minimum atomic E-state index is -0.0101. The molecular formula is C17H20ClN3O. The number of fused-ring (bicyclic) bond motifs is 1. The second-order valence-corrected chi connectivity index (χ2v) is 6.27. The fourth-order valence-electron chi connectivity index (χ4n) is 2.91. The molecule has 3 rings (SSSR count). The number of aromatic amines is 1. The highest BCUT2D eigenvalue weighted by Crippen LogP contribution is 2.20. The van der Waals surface area contributed by atoms with E-state index in [4.69, 9.17) is 11.6 Å². The number of benzene rings is 1.